The Morgan fingerprint density at radius 2 is 1.89 bits per heavy atom. The minimum atomic E-state index is 1.32. The van der Waals surface area contributed by atoms with E-state index in [4.69, 9.17) is 0 Å². The summed E-state index contributed by atoms with van der Waals surface area (Å²) in [5.74, 6) is 0. The van der Waals surface area contributed by atoms with Crippen molar-refractivity contribution in [3.8, 4) is 20.2 Å². The van der Waals surface area contributed by atoms with Crippen LogP contribution in [0.15, 0.2) is 47.2 Å². The first kappa shape index (κ1) is 11.9. The van der Waals surface area contributed by atoms with Gasteiger partial charge in [0.15, 0.2) is 0 Å². The molecule has 90 valence electrons. The highest BCUT2D eigenvalue weighted by atomic mass is 32.1. The topological polar surface area (TPSA) is 0 Å². The Balaban J connectivity index is 2.04. The molecule has 0 saturated carbocycles. The van der Waals surface area contributed by atoms with Gasteiger partial charge < -0.3 is 0 Å². The van der Waals surface area contributed by atoms with Crippen molar-refractivity contribution in [3.63, 3.8) is 0 Å². The molecule has 0 aliphatic carbocycles. The minimum absolute atomic E-state index is 1.32. The lowest BCUT2D eigenvalue weighted by atomic mass is 10.2. The van der Waals surface area contributed by atoms with Gasteiger partial charge in [-0.1, -0.05) is 12.1 Å². The van der Waals surface area contributed by atoms with E-state index in [0.717, 1.165) is 0 Å². The van der Waals surface area contributed by atoms with Crippen molar-refractivity contribution in [3.05, 3.63) is 52.0 Å². The van der Waals surface area contributed by atoms with Gasteiger partial charge in [0.05, 0.1) is 4.88 Å². The third kappa shape index (κ3) is 2.21. The molecule has 0 bridgehead atoms. The summed E-state index contributed by atoms with van der Waals surface area (Å²) in [6.45, 7) is 2.06. The van der Waals surface area contributed by atoms with E-state index in [1.54, 1.807) is 11.3 Å². The molecule has 0 spiro atoms. The summed E-state index contributed by atoms with van der Waals surface area (Å²) >= 11 is 5.48. The molecule has 0 fully saturated rings. The third-order valence-electron chi connectivity index (χ3n) is 2.63. The lowest BCUT2D eigenvalue weighted by Crippen LogP contribution is -1.69. The van der Waals surface area contributed by atoms with E-state index in [1.165, 1.54) is 25.1 Å². The highest BCUT2D eigenvalue weighted by molar-refractivity contribution is 7.22. The fourth-order valence-electron chi connectivity index (χ4n) is 1.85. The quantitative estimate of drug-likeness (QED) is 0.535. The molecular weight excluding hydrogens is 276 g/mol. The van der Waals surface area contributed by atoms with Crippen molar-refractivity contribution < 1.29 is 0 Å². The van der Waals surface area contributed by atoms with Gasteiger partial charge in [-0.2, -0.15) is 0 Å². The zero-order valence-corrected chi connectivity index (χ0v) is 12.4. The number of hydrogen-bond donors (Lipinski definition) is 0. The van der Waals surface area contributed by atoms with Crippen LogP contribution in [0.5, 0.6) is 0 Å². The van der Waals surface area contributed by atoms with Gasteiger partial charge in [-0.25, -0.2) is 0 Å². The Hall–Kier alpha value is -1.16. The SMILES string of the molecule is C/C=C/c1ccc(-c2sccc2-c2cccs2)s1. The fourth-order valence-corrected chi connectivity index (χ4v) is 4.71. The predicted molar refractivity (Wildman–Crippen MR) is 85.7 cm³/mol. The van der Waals surface area contributed by atoms with Crippen LogP contribution in [0.25, 0.3) is 26.3 Å². The Morgan fingerprint density at radius 1 is 0.944 bits per heavy atom. The summed E-state index contributed by atoms with van der Waals surface area (Å²) in [6, 6.07) is 10.9. The molecule has 0 N–H and O–H groups in total. The Morgan fingerprint density at radius 3 is 2.67 bits per heavy atom. The maximum Gasteiger partial charge on any atom is 0.0529 e. The van der Waals surface area contributed by atoms with E-state index in [2.05, 4.69) is 60.2 Å². The molecule has 3 aromatic rings. The summed E-state index contributed by atoms with van der Waals surface area (Å²) < 4.78 is 0. The number of rotatable bonds is 3. The van der Waals surface area contributed by atoms with Crippen molar-refractivity contribution in [1.82, 2.24) is 0 Å². The smallest absolute Gasteiger partial charge is 0.0529 e. The molecule has 3 aromatic heterocycles. The van der Waals surface area contributed by atoms with Crippen LogP contribution in [-0.2, 0) is 0 Å². The van der Waals surface area contributed by atoms with Crippen LogP contribution in [0, 0.1) is 0 Å². The van der Waals surface area contributed by atoms with E-state index in [-0.39, 0.29) is 0 Å². The van der Waals surface area contributed by atoms with Crippen molar-refractivity contribution in [2.24, 2.45) is 0 Å². The standard InChI is InChI=1S/C15H12S3/c1-2-4-11-6-7-14(18-11)15-12(8-10-17-15)13-5-3-9-16-13/h2-10H,1H3/b4-2+. The van der Waals surface area contributed by atoms with Crippen LogP contribution in [0.3, 0.4) is 0 Å². The molecule has 3 heteroatoms. The first-order chi connectivity index (χ1) is 8.88. The number of allylic oxidation sites excluding steroid dienone is 1. The molecule has 18 heavy (non-hydrogen) atoms. The van der Waals surface area contributed by atoms with Crippen LogP contribution >= 0.6 is 34.0 Å². The van der Waals surface area contributed by atoms with Crippen LogP contribution < -0.4 is 0 Å². The fraction of sp³-hybridized carbons (Fsp3) is 0.0667. The second-order valence-corrected chi connectivity index (χ2v) is 6.82. The Labute approximate surface area is 119 Å². The molecule has 0 unspecified atom stereocenters. The molecular formula is C15H12S3. The molecule has 3 rings (SSSR count). The monoisotopic (exact) mass is 288 g/mol. The van der Waals surface area contributed by atoms with Crippen LogP contribution in [0.2, 0.25) is 0 Å². The first-order valence-corrected chi connectivity index (χ1v) is 8.30. The largest absolute Gasteiger partial charge is 0.144 e. The van der Waals surface area contributed by atoms with Gasteiger partial charge in [0.25, 0.3) is 0 Å². The summed E-state index contributed by atoms with van der Waals surface area (Å²) in [5, 5.41) is 4.32. The second kappa shape index (κ2) is 5.22. The van der Waals surface area contributed by atoms with E-state index in [9.17, 15) is 0 Å². The maximum atomic E-state index is 2.23. The van der Waals surface area contributed by atoms with Gasteiger partial charge in [-0.05, 0) is 48.0 Å². The first-order valence-electron chi connectivity index (χ1n) is 5.73. The Bertz CT molecular complexity index is 654. The Kier molecular flexibility index (Phi) is 3.46. The molecule has 3 heterocycles. The molecule has 0 amide bonds. The van der Waals surface area contributed by atoms with Crippen molar-refractivity contribution in [2.75, 3.05) is 0 Å². The third-order valence-corrected chi connectivity index (χ3v) is 5.68. The molecule has 0 aliphatic heterocycles. The van der Waals surface area contributed by atoms with E-state index < -0.39 is 0 Å². The van der Waals surface area contributed by atoms with Gasteiger partial charge in [0.2, 0.25) is 0 Å². The molecule has 0 saturated heterocycles. The maximum absolute atomic E-state index is 2.23. The number of thiophene rings is 3. The van der Waals surface area contributed by atoms with Crippen molar-refractivity contribution in [2.45, 2.75) is 6.92 Å². The lowest BCUT2D eigenvalue weighted by molar-refractivity contribution is 1.78. The van der Waals surface area contributed by atoms with Gasteiger partial charge in [0.1, 0.15) is 0 Å². The van der Waals surface area contributed by atoms with Gasteiger partial charge in [0, 0.05) is 20.2 Å². The molecule has 0 atom stereocenters. The summed E-state index contributed by atoms with van der Waals surface area (Å²) in [5.41, 5.74) is 1.36. The average molecular weight is 288 g/mol. The average Bonchev–Trinajstić information content (AvgIpc) is 3.10. The van der Waals surface area contributed by atoms with Crippen molar-refractivity contribution in [1.29, 1.82) is 0 Å². The summed E-state index contributed by atoms with van der Waals surface area (Å²) in [4.78, 5) is 5.42. The zero-order valence-electron chi connectivity index (χ0n) is 9.92. The lowest BCUT2D eigenvalue weighted by Gasteiger charge is -1.98. The van der Waals surface area contributed by atoms with Crippen LogP contribution in [-0.4, -0.2) is 0 Å². The van der Waals surface area contributed by atoms with Crippen molar-refractivity contribution >= 4 is 40.1 Å². The molecule has 0 nitrogen and oxygen atoms in total. The predicted octanol–water partition coefficient (Wildman–Crippen LogP) is 6.24. The molecule has 0 aromatic carbocycles. The van der Waals surface area contributed by atoms with Gasteiger partial charge in [-0.15, -0.1) is 34.0 Å². The van der Waals surface area contributed by atoms with Crippen LogP contribution in [0.1, 0.15) is 11.8 Å². The van der Waals surface area contributed by atoms with E-state index in [1.807, 2.05) is 22.7 Å². The van der Waals surface area contributed by atoms with E-state index >= 15 is 0 Å². The van der Waals surface area contributed by atoms with Crippen LogP contribution in [0.4, 0.5) is 0 Å². The summed E-state index contributed by atoms with van der Waals surface area (Å²) in [7, 11) is 0. The zero-order chi connectivity index (χ0) is 12.4. The number of hydrogen-bond acceptors (Lipinski definition) is 3. The van der Waals surface area contributed by atoms with E-state index in [0.29, 0.717) is 0 Å². The highest BCUT2D eigenvalue weighted by Gasteiger charge is 2.11. The summed E-state index contributed by atoms with van der Waals surface area (Å²) in [6.07, 6.45) is 4.25. The highest BCUT2D eigenvalue weighted by Crippen LogP contribution is 2.41. The minimum Gasteiger partial charge on any atom is -0.144 e. The second-order valence-electron chi connectivity index (χ2n) is 3.84. The van der Waals surface area contributed by atoms with Gasteiger partial charge in [-0.3, -0.25) is 0 Å². The van der Waals surface area contributed by atoms with Gasteiger partial charge >= 0.3 is 0 Å². The normalized spacial score (nSPS) is 11.4. The molecule has 0 radical (unpaired) electrons. The molecule has 0 aliphatic rings.